The number of rotatable bonds is 2. The molecule has 0 aromatic heterocycles. The minimum absolute atomic E-state index is 0.590. The van der Waals surface area contributed by atoms with Crippen molar-refractivity contribution < 1.29 is 0 Å². The molecule has 0 atom stereocenters. The standard InChI is InChI=1S/C14H10BrClN2/c1-9-7-10(16)5-6-13(9)18-14-4-2-3-12(15)11(14)8-17/h2-7,18H,1H3. The van der Waals surface area contributed by atoms with Crippen molar-refractivity contribution in [2.75, 3.05) is 5.32 Å². The Kier molecular flexibility index (Phi) is 3.90. The van der Waals surface area contributed by atoms with Gasteiger partial charge in [0, 0.05) is 15.2 Å². The van der Waals surface area contributed by atoms with Gasteiger partial charge in [-0.25, -0.2) is 0 Å². The van der Waals surface area contributed by atoms with Gasteiger partial charge in [0.15, 0.2) is 0 Å². The Balaban J connectivity index is 2.41. The SMILES string of the molecule is Cc1cc(Cl)ccc1Nc1cccc(Br)c1C#N. The van der Waals surface area contributed by atoms with Crippen molar-refractivity contribution >= 4 is 38.9 Å². The quantitative estimate of drug-likeness (QED) is 0.842. The Morgan fingerprint density at radius 3 is 2.67 bits per heavy atom. The van der Waals surface area contributed by atoms with E-state index in [-0.39, 0.29) is 0 Å². The summed E-state index contributed by atoms with van der Waals surface area (Å²) in [4.78, 5) is 0. The average molecular weight is 322 g/mol. The minimum atomic E-state index is 0.590. The van der Waals surface area contributed by atoms with Crippen molar-refractivity contribution in [1.29, 1.82) is 5.26 Å². The van der Waals surface area contributed by atoms with Crippen LogP contribution in [0.4, 0.5) is 11.4 Å². The molecule has 0 radical (unpaired) electrons. The molecule has 0 spiro atoms. The molecular weight excluding hydrogens is 312 g/mol. The van der Waals surface area contributed by atoms with E-state index >= 15 is 0 Å². The lowest BCUT2D eigenvalue weighted by Crippen LogP contribution is -1.96. The molecule has 0 unspecified atom stereocenters. The van der Waals surface area contributed by atoms with Gasteiger partial charge in [0.1, 0.15) is 6.07 Å². The highest BCUT2D eigenvalue weighted by atomic mass is 79.9. The third-order valence-corrected chi connectivity index (χ3v) is 3.48. The molecule has 2 aromatic rings. The van der Waals surface area contributed by atoms with Crippen molar-refractivity contribution in [2.24, 2.45) is 0 Å². The Labute approximate surface area is 119 Å². The van der Waals surface area contributed by atoms with E-state index in [1.165, 1.54) is 0 Å². The maximum absolute atomic E-state index is 9.15. The van der Waals surface area contributed by atoms with E-state index in [1.54, 1.807) is 0 Å². The first-order chi connectivity index (χ1) is 8.61. The van der Waals surface area contributed by atoms with Crippen molar-refractivity contribution in [3.8, 4) is 6.07 Å². The highest BCUT2D eigenvalue weighted by Crippen LogP contribution is 2.29. The fourth-order valence-corrected chi connectivity index (χ4v) is 2.34. The molecule has 4 heteroatoms. The average Bonchev–Trinajstić information content (AvgIpc) is 2.33. The molecule has 0 aliphatic rings. The molecular formula is C14H10BrClN2. The van der Waals surface area contributed by atoms with E-state index in [2.05, 4.69) is 27.3 Å². The molecule has 0 fully saturated rings. The number of hydrogen-bond donors (Lipinski definition) is 1. The number of hydrogen-bond acceptors (Lipinski definition) is 2. The van der Waals surface area contributed by atoms with Gasteiger partial charge in [-0.3, -0.25) is 0 Å². The number of nitriles is 1. The Morgan fingerprint density at radius 2 is 2.00 bits per heavy atom. The zero-order chi connectivity index (χ0) is 13.1. The van der Waals surface area contributed by atoms with E-state index in [0.717, 1.165) is 21.4 Å². The molecule has 2 nitrogen and oxygen atoms in total. The monoisotopic (exact) mass is 320 g/mol. The number of nitrogens with zero attached hydrogens (tertiary/aromatic N) is 1. The summed E-state index contributed by atoms with van der Waals surface area (Å²) in [6, 6.07) is 13.4. The van der Waals surface area contributed by atoms with Crippen LogP contribution in [-0.4, -0.2) is 0 Å². The summed E-state index contributed by atoms with van der Waals surface area (Å²) in [7, 11) is 0. The number of anilines is 2. The number of nitrogens with one attached hydrogen (secondary N) is 1. The fourth-order valence-electron chi connectivity index (χ4n) is 1.65. The molecule has 18 heavy (non-hydrogen) atoms. The third kappa shape index (κ3) is 2.66. The van der Waals surface area contributed by atoms with Crippen LogP contribution in [0.3, 0.4) is 0 Å². The van der Waals surface area contributed by atoms with E-state index in [0.29, 0.717) is 10.6 Å². The summed E-state index contributed by atoms with van der Waals surface area (Å²) in [5.74, 6) is 0. The van der Waals surface area contributed by atoms with Gasteiger partial charge in [0.25, 0.3) is 0 Å². The molecule has 0 amide bonds. The van der Waals surface area contributed by atoms with E-state index in [4.69, 9.17) is 16.9 Å². The third-order valence-electron chi connectivity index (χ3n) is 2.58. The van der Waals surface area contributed by atoms with Crippen molar-refractivity contribution in [3.05, 3.63) is 57.0 Å². The van der Waals surface area contributed by atoms with Gasteiger partial charge in [0.05, 0.1) is 11.3 Å². The summed E-state index contributed by atoms with van der Waals surface area (Å²) in [5, 5.41) is 13.1. The molecule has 0 saturated carbocycles. The van der Waals surface area contributed by atoms with Crippen LogP contribution in [0, 0.1) is 18.3 Å². The van der Waals surface area contributed by atoms with Crippen LogP contribution in [0.2, 0.25) is 5.02 Å². The van der Waals surface area contributed by atoms with Crippen LogP contribution in [0.5, 0.6) is 0 Å². The Morgan fingerprint density at radius 1 is 1.22 bits per heavy atom. The first-order valence-corrected chi connectivity index (χ1v) is 6.50. The summed E-state index contributed by atoms with van der Waals surface area (Å²) in [5.41, 5.74) is 3.34. The first kappa shape index (κ1) is 12.9. The van der Waals surface area contributed by atoms with Gasteiger partial charge in [-0.05, 0) is 58.7 Å². The lowest BCUT2D eigenvalue weighted by atomic mass is 10.1. The van der Waals surface area contributed by atoms with Crippen LogP contribution < -0.4 is 5.32 Å². The second-order valence-electron chi connectivity index (χ2n) is 3.86. The highest BCUT2D eigenvalue weighted by Gasteiger charge is 2.07. The fraction of sp³-hybridized carbons (Fsp3) is 0.0714. The molecule has 0 saturated heterocycles. The lowest BCUT2D eigenvalue weighted by molar-refractivity contribution is 1.40. The van der Waals surface area contributed by atoms with Crippen LogP contribution in [0.1, 0.15) is 11.1 Å². The lowest BCUT2D eigenvalue weighted by Gasteiger charge is -2.11. The molecule has 2 rings (SSSR count). The molecule has 0 bridgehead atoms. The smallest absolute Gasteiger partial charge is 0.103 e. The second-order valence-corrected chi connectivity index (χ2v) is 5.15. The van der Waals surface area contributed by atoms with E-state index in [9.17, 15) is 0 Å². The predicted molar refractivity (Wildman–Crippen MR) is 78.3 cm³/mol. The number of aryl methyl sites for hydroxylation is 1. The zero-order valence-corrected chi connectivity index (χ0v) is 12.0. The van der Waals surface area contributed by atoms with Gasteiger partial charge < -0.3 is 5.32 Å². The molecule has 0 aliphatic heterocycles. The Hall–Kier alpha value is -1.50. The molecule has 2 aromatic carbocycles. The van der Waals surface area contributed by atoms with Crippen molar-refractivity contribution in [3.63, 3.8) is 0 Å². The first-order valence-electron chi connectivity index (χ1n) is 5.33. The van der Waals surface area contributed by atoms with Crippen LogP contribution in [-0.2, 0) is 0 Å². The topological polar surface area (TPSA) is 35.8 Å². The van der Waals surface area contributed by atoms with Crippen LogP contribution in [0.25, 0.3) is 0 Å². The Bertz CT molecular complexity index is 632. The van der Waals surface area contributed by atoms with E-state index in [1.807, 2.05) is 43.3 Å². The van der Waals surface area contributed by atoms with Crippen LogP contribution >= 0.6 is 27.5 Å². The molecule has 1 N–H and O–H groups in total. The largest absolute Gasteiger partial charge is 0.354 e. The molecule has 90 valence electrons. The maximum Gasteiger partial charge on any atom is 0.103 e. The summed E-state index contributed by atoms with van der Waals surface area (Å²) in [6.45, 7) is 1.97. The highest BCUT2D eigenvalue weighted by molar-refractivity contribution is 9.10. The van der Waals surface area contributed by atoms with Gasteiger partial charge in [0.2, 0.25) is 0 Å². The van der Waals surface area contributed by atoms with Crippen molar-refractivity contribution in [1.82, 2.24) is 0 Å². The summed E-state index contributed by atoms with van der Waals surface area (Å²) < 4.78 is 0.779. The minimum Gasteiger partial charge on any atom is -0.354 e. The van der Waals surface area contributed by atoms with E-state index < -0.39 is 0 Å². The number of benzene rings is 2. The summed E-state index contributed by atoms with van der Waals surface area (Å²) >= 11 is 9.28. The number of halogens is 2. The van der Waals surface area contributed by atoms with Crippen molar-refractivity contribution in [2.45, 2.75) is 6.92 Å². The van der Waals surface area contributed by atoms with Gasteiger partial charge in [-0.1, -0.05) is 17.7 Å². The van der Waals surface area contributed by atoms with Crippen LogP contribution in [0.15, 0.2) is 40.9 Å². The molecule has 0 aliphatic carbocycles. The molecule has 0 heterocycles. The van der Waals surface area contributed by atoms with Gasteiger partial charge in [-0.2, -0.15) is 5.26 Å². The summed E-state index contributed by atoms with van der Waals surface area (Å²) in [6.07, 6.45) is 0. The maximum atomic E-state index is 9.15. The predicted octanol–water partition coefficient (Wildman–Crippen LogP) is 5.03. The zero-order valence-electron chi connectivity index (χ0n) is 9.67. The van der Waals surface area contributed by atoms with Gasteiger partial charge >= 0.3 is 0 Å². The second kappa shape index (κ2) is 5.43. The van der Waals surface area contributed by atoms with Gasteiger partial charge in [-0.15, -0.1) is 0 Å². The normalized spacial score (nSPS) is 9.89.